The molecule has 7 heteroatoms. The Morgan fingerprint density at radius 1 is 1.19 bits per heavy atom. The van der Waals surface area contributed by atoms with Crippen LogP contribution >= 0.6 is 24.0 Å². The van der Waals surface area contributed by atoms with E-state index in [9.17, 15) is 9.59 Å². The van der Waals surface area contributed by atoms with Crippen molar-refractivity contribution < 1.29 is 9.59 Å². The molecule has 0 spiro atoms. The zero-order valence-electron chi connectivity index (χ0n) is 13.9. The molecule has 1 N–H and O–H groups in total. The highest BCUT2D eigenvalue weighted by atomic mass is 32.2. The zero-order chi connectivity index (χ0) is 18.5. The van der Waals surface area contributed by atoms with Gasteiger partial charge in [0.2, 0.25) is 0 Å². The van der Waals surface area contributed by atoms with Crippen molar-refractivity contribution in [3.05, 3.63) is 82.5 Å². The summed E-state index contributed by atoms with van der Waals surface area (Å²) in [5.74, 6) is -0.760. The van der Waals surface area contributed by atoms with E-state index in [1.165, 1.54) is 12.4 Å². The summed E-state index contributed by atoms with van der Waals surface area (Å²) in [6.07, 6.45) is 6.76. The number of amides is 2. The standard InChI is InChI=1S/C19H15N3O2S2/c1-13(11-14-5-3-2-4-6-14)12-16-18(24)22(19(25)26-16)21-17(23)15-7-9-20-10-8-15/h2-12H,1H3,(H,21,23)/b13-11+,16-12-. The SMILES string of the molecule is CC(/C=C1\SC(=S)N(NC(=O)c2ccncc2)C1=O)=C\c1ccccc1. The van der Waals surface area contributed by atoms with E-state index >= 15 is 0 Å². The minimum atomic E-state index is -0.415. The summed E-state index contributed by atoms with van der Waals surface area (Å²) in [7, 11) is 0. The number of benzene rings is 1. The minimum absolute atomic E-state index is 0.288. The van der Waals surface area contributed by atoms with Gasteiger partial charge in [0.15, 0.2) is 4.32 Å². The Morgan fingerprint density at radius 2 is 1.88 bits per heavy atom. The fourth-order valence-corrected chi connectivity index (χ4v) is 3.52. The van der Waals surface area contributed by atoms with Crippen molar-refractivity contribution in [3.63, 3.8) is 0 Å². The summed E-state index contributed by atoms with van der Waals surface area (Å²) >= 11 is 6.39. The number of rotatable bonds is 4. The van der Waals surface area contributed by atoms with E-state index in [2.05, 4.69) is 10.4 Å². The van der Waals surface area contributed by atoms with Crippen LogP contribution in [0.3, 0.4) is 0 Å². The molecule has 26 heavy (non-hydrogen) atoms. The first kappa shape index (κ1) is 18.0. The average Bonchev–Trinajstić information content (AvgIpc) is 2.90. The van der Waals surface area contributed by atoms with Crippen molar-refractivity contribution in [1.82, 2.24) is 15.4 Å². The largest absolute Gasteiger partial charge is 0.285 e. The number of thiocarbonyl (C=S) groups is 1. The molecule has 0 aliphatic carbocycles. The molecular formula is C19H15N3O2S2. The quantitative estimate of drug-likeness (QED) is 0.648. The molecule has 2 heterocycles. The normalized spacial score (nSPS) is 16.3. The Labute approximate surface area is 160 Å². The third-order valence-corrected chi connectivity index (χ3v) is 4.80. The molecule has 130 valence electrons. The van der Waals surface area contributed by atoms with Crippen LogP contribution in [0.1, 0.15) is 22.8 Å². The first-order chi connectivity index (χ1) is 12.5. The topological polar surface area (TPSA) is 62.3 Å². The van der Waals surface area contributed by atoms with Crippen LogP contribution in [0.25, 0.3) is 6.08 Å². The fourth-order valence-electron chi connectivity index (χ4n) is 2.29. The molecule has 0 radical (unpaired) electrons. The first-order valence-corrected chi connectivity index (χ1v) is 8.99. The van der Waals surface area contributed by atoms with E-state index in [4.69, 9.17) is 12.2 Å². The van der Waals surface area contributed by atoms with Crippen molar-refractivity contribution in [2.75, 3.05) is 0 Å². The van der Waals surface area contributed by atoms with E-state index in [1.807, 2.05) is 43.3 Å². The van der Waals surface area contributed by atoms with Crippen LogP contribution in [0, 0.1) is 0 Å². The second kappa shape index (κ2) is 8.07. The third kappa shape index (κ3) is 4.25. The number of aromatic nitrogens is 1. The molecule has 0 atom stereocenters. The van der Waals surface area contributed by atoms with Gasteiger partial charge in [-0.1, -0.05) is 48.2 Å². The number of hydrogen-bond acceptors (Lipinski definition) is 5. The fraction of sp³-hybridized carbons (Fsp3) is 0.0526. The Balaban J connectivity index is 1.74. The average molecular weight is 381 g/mol. The predicted molar refractivity (Wildman–Crippen MR) is 107 cm³/mol. The number of thioether (sulfide) groups is 1. The Bertz CT molecular complexity index is 909. The third-order valence-electron chi connectivity index (χ3n) is 3.50. The van der Waals surface area contributed by atoms with Gasteiger partial charge >= 0.3 is 0 Å². The van der Waals surface area contributed by atoms with E-state index < -0.39 is 5.91 Å². The molecule has 1 aliphatic heterocycles. The number of carbonyl (C=O) groups is 2. The highest BCUT2D eigenvalue weighted by Crippen LogP contribution is 2.31. The number of nitrogens with one attached hydrogen (secondary N) is 1. The van der Waals surface area contributed by atoms with Gasteiger partial charge in [0.05, 0.1) is 4.91 Å². The van der Waals surface area contributed by atoms with E-state index in [0.717, 1.165) is 27.9 Å². The van der Waals surface area contributed by atoms with Gasteiger partial charge in [0.25, 0.3) is 11.8 Å². The van der Waals surface area contributed by atoms with E-state index in [-0.39, 0.29) is 10.2 Å². The van der Waals surface area contributed by atoms with Gasteiger partial charge in [-0.15, -0.1) is 0 Å². The number of hydrazine groups is 1. The number of hydrogen-bond donors (Lipinski definition) is 1. The summed E-state index contributed by atoms with van der Waals surface area (Å²) < 4.78 is 0.288. The molecule has 5 nitrogen and oxygen atoms in total. The Morgan fingerprint density at radius 3 is 2.58 bits per heavy atom. The number of nitrogens with zero attached hydrogens (tertiary/aromatic N) is 2. The predicted octanol–water partition coefficient (Wildman–Crippen LogP) is 3.57. The van der Waals surface area contributed by atoms with Crippen molar-refractivity contribution in [2.24, 2.45) is 0 Å². The van der Waals surface area contributed by atoms with Crippen LogP contribution in [-0.4, -0.2) is 26.1 Å². The van der Waals surface area contributed by atoms with Gasteiger partial charge in [0, 0.05) is 18.0 Å². The molecule has 0 unspecified atom stereocenters. The van der Waals surface area contributed by atoms with Crippen molar-refractivity contribution >= 4 is 46.2 Å². The maximum Gasteiger partial charge on any atom is 0.285 e. The molecule has 2 aromatic rings. The second-order valence-corrected chi connectivity index (χ2v) is 7.17. The van der Waals surface area contributed by atoms with E-state index in [0.29, 0.717) is 10.5 Å². The number of allylic oxidation sites excluding steroid dienone is 2. The van der Waals surface area contributed by atoms with Crippen molar-refractivity contribution in [1.29, 1.82) is 0 Å². The molecule has 0 bridgehead atoms. The lowest BCUT2D eigenvalue weighted by Gasteiger charge is -2.15. The zero-order valence-corrected chi connectivity index (χ0v) is 15.5. The molecule has 2 amide bonds. The van der Waals surface area contributed by atoms with Crippen molar-refractivity contribution in [2.45, 2.75) is 6.92 Å². The summed E-state index contributed by atoms with van der Waals surface area (Å²) in [5.41, 5.74) is 4.90. The molecule has 3 rings (SSSR count). The summed E-state index contributed by atoms with van der Waals surface area (Å²) in [6, 6.07) is 12.9. The van der Waals surface area contributed by atoms with Gasteiger partial charge in [0.1, 0.15) is 0 Å². The lowest BCUT2D eigenvalue weighted by molar-refractivity contribution is -0.123. The van der Waals surface area contributed by atoms with Gasteiger partial charge < -0.3 is 0 Å². The Kier molecular flexibility index (Phi) is 5.60. The molecule has 1 aliphatic rings. The van der Waals surface area contributed by atoms with Gasteiger partial charge in [-0.25, -0.2) is 0 Å². The monoisotopic (exact) mass is 381 g/mol. The van der Waals surface area contributed by atoms with Gasteiger partial charge in [-0.3, -0.25) is 20.0 Å². The van der Waals surface area contributed by atoms with Crippen molar-refractivity contribution in [3.8, 4) is 0 Å². The molecule has 1 aromatic carbocycles. The van der Waals surface area contributed by atoms with Crippen LogP contribution in [-0.2, 0) is 4.79 Å². The summed E-state index contributed by atoms with van der Waals surface area (Å²) in [4.78, 5) is 29.1. The highest BCUT2D eigenvalue weighted by Gasteiger charge is 2.33. The molecule has 1 fully saturated rings. The number of carbonyl (C=O) groups excluding carboxylic acids is 2. The maximum absolute atomic E-state index is 12.6. The molecule has 1 aromatic heterocycles. The van der Waals surface area contributed by atoms with Gasteiger partial charge in [-0.05, 0) is 48.5 Å². The van der Waals surface area contributed by atoms with Crippen LogP contribution in [0.2, 0.25) is 0 Å². The number of pyridine rings is 1. The second-order valence-electron chi connectivity index (χ2n) is 5.49. The minimum Gasteiger partial charge on any atom is -0.267 e. The molecular weight excluding hydrogens is 366 g/mol. The smallest absolute Gasteiger partial charge is 0.267 e. The highest BCUT2D eigenvalue weighted by molar-refractivity contribution is 8.26. The van der Waals surface area contributed by atoms with Gasteiger partial charge in [-0.2, -0.15) is 5.01 Å². The molecule has 1 saturated heterocycles. The lowest BCUT2D eigenvalue weighted by atomic mass is 10.1. The first-order valence-electron chi connectivity index (χ1n) is 7.77. The van der Waals surface area contributed by atoms with Crippen LogP contribution in [0.15, 0.2) is 71.4 Å². The Hall–Kier alpha value is -2.77. The maximum atomic E-state index is 12.6. The summed E-state index contributed by atoms with van der Waals surface area (Å²) in [5, 5.41) is 1.10. The van der Waals surface area contributed by atoms with E-state index in [1.54, 1.807) is 18.2 Å². The molecule has 0 saturated carbocycles. The summed E-state index contributed by atoms with van der Waals surface area (Å²) in [6.45, 7) is 1.91. The van der Waals surface area contributed by atoms with Crippen LogP contribution < -0.4 is 5.43 Å². The van der Waals surface area contributed by atoms with Crippen LogP contribution in [0.4, 0.5) is 0 Å². The lowest BCUT2D eigenvalue weighted by Crippen LogP contribution is -2.44. The van der Waals surface area contributed by atoms with Crippen LogP contribution in [0.5, 0.6) is 0 Å².